The van der Waals surface area contributed by atoms with Crippen molar-refractivity contribution in [3.8, 4) is 11.5 Å². The molecule has 2 aromatic carbocycles. The number of halogens is 3. The second-order valence-corrected chi connectivity index (χ2v) is 5.61. The van der Waals surface area contributed by atoms with E-state index in [0.29, 0.717) is 24.0 Å². The number of ether oxygens (including phenoxy) is 2. The Kier molecular flexibility index (Phi) is 6.82. The van der Waals surface area contributed by atoms with Crippen molar-refractivity contribution in [2.75, 3.05) is 13.2 Å². The summed E-state index contributed by atoms with van der Waals surface area (Å²) in [5.41, 5.74) is 0.580. The topological polar surface area (TPSA) is 30.5 Å². The minimum Gasteiger partial charge on any atom is -0.492 e. The molecule has 0 aromatic heterocycles. The lowest BCUT2D eigenvalue weighted by Gasteiger charge is -2.12. The Morgan fingerprint density at radius 2 is 1.67 bits per heavy atom. The average Bonchev–Trinajstić information content (AvgIpc) is 3.08. The molecule has 2 aromatic rings. The van der Waals surface area contributed by atoms with Crippen LogP contribution in [0.1, 0.15) is 18.4 Å². The van der Waals surface area contributed by atoms with Gasteiger partial charge in [0.2, 0.25) is 0 Å². The lowest BCUT2D eigenvalue weighted by atomic mass is 10.2. The third-order valence-electron chi connectivity index (χ3n) is 3.83. The summed E-state index contributed by atoms with van der Waals surface area (Å²) in [4.78, 5) is 0. The molecule has 1 atom stereocenters. The third kappa shape index (κ3) is 5.08. The van der Waals surface area contributed by atoms with Crippen LogP contribution in [0.15, 0.2) is 42.5 Å². The Labute approximate surface area is 146 Å². The van der Waals surface area contributed by atoms with E-state index in [9.17, 15) is 8.78 Å². The standard InChI is InChI=1S/C18H19F2NO2.ClH/c19-17-8-3-13(10-18(17)20)11-22-15-4-6-16(7-5-15)23-12-14-2-1-9-21-14;/h3-8,10,14,21H,1-2,9,11-12H2;1H. The molecule has 130 valence electrons. The SMILES string of the molecule is Cl.Fc1ccc(COc2ccc(OCC3CCCN3)cc2)cc1F. The van der Waals surface area contributed by atoms with Gasteiger partial charge in [-0.2, -0.15) is 0 Å². The predicted octanol–water partition coefficient (Wildman–Crippen LogP) is 4.10. The van der Waals surface area contributed by atoms with E-state index >= 15 is 0 Å². The van der Waals surface area contributed by atoms with E-state index < -0.39 is 11.6 Å². The van der Waals surface area contributed by atoms with Gasteiger partial charge in [0.05, 0.1) is 0 Å². The minimum atomic E-state index is -0.865. The van der Waals surface area contributed by atoms with Gasteiger partial charge in [-0.1, -0.05) is 6.07 Å². The number of hydrogen-bond acceptors (Lipinski definition) is 3. The minimum absolute atomic E-state index is 0. The van der Waals surface area contributed by atoms with Crippen LogP contribution in [0.5, 0.6) is 11.5 Å². The lowest BCUT2D eigenvalue weighted by Crippen LogP contribution is -2.28. The van der Waals surface area contributed by atoms with Gasteiger partial charge in [0.1, 0.15) is 24.7 Å². The van der Waals surface area contributed by atoms with Crippen LogP contribution in [0.25, 0.3) is 0 Å². The molecule has 0 radical (unpaired) electrons. The molecule has 1 saturated heterocycles. The van der Waals surface area contributed by atoms with Gasteiger partial charge in [-0.05, 0) is 61.3 Å². The first-order chi connectivity index (χ1) is 11.2. The van der Waals surface area contributed by atoms with E-state index in [-0.39, 0.29) is 19.0 Å². The number of rotatable bonds is 6. The highest BCUT2D eigenvalue weighted by Crippen LogP contribution is 2.20. The molecule has 0 spiro atoms. The Bertz CT molecular complexity index is 646. The van der Waals surface area contributed by atoms with Crippen molar-refractivity contribution in [3.63, 3.8) is 0 Å². The highest BCUT2D eigenvalue weighted by molar-refractivity contribution is 5.85. The predicted molar refractivity (Wildman–Crippen MR) is 90.9 cm³/mol. The van der Waals surface area contributed by atoms with Crippen LogP contribution in [-0.4, -0.2) is 19.2 Å². The second-order valence-electron chi connectivity index (χ2n) is 5.61. The first-order valence-electron chi connectivity index (χ1n) is 7.74. The molecular formula is C18H20ClF2NO2. The van der Waals surface area contributed by atoms with E-state index in [0.717, 1.165) is 30.8 Å². The van der Waals surface area contributed by atoms with Gasteiger partial charge in [0.25, 0.3) is 0 Å². The van der Waals surface area contributed by atoms with Gasteiger partial charge >= 0.3 is 0 Å². The molecule has 1 heterocycles. The fourth-order valence-electron chi connectivity index (χ4n) is 2.52. The zero-order valence-electron chi connectivity index (χ0n) is 13.1. The molecule has 1 fully saturated rings. The summed E-state index contributed by atoms with van der Waals surface area (Å²) in [5, 5.41) is 3.38. The summed E-state index contributed by atoms with van der Waals surface area (Å²) in [6, 6.07) is 11.5. The van der Waals surface area contributed by atoms with Gasteiger partial charge in [0, 0.05) is 6.04 Å². The van der Waals surface area contributed by atoms with E-state index in [2.05, 4.69) is 5.32 Å². The average molecular weight is 356 g/mol. The third-order valence-corrected chi connectivity index (χ3v) is 3.83. The summed E-state index contributed by atoms with van der Waals surface area (Å²) in [7, 11) is 0. The Balaban J connectivity index is 0.00000208. The number of nitrogens with one attached hydrogen (secondary N) is 1. The van der Waals surface area contributed by atoms with Crippen LogP contribution in [0, 0.1) is 11.6 Å². The van der Waals surface area contributed by atoms with E-state index in [4.69, 9.17) is 9.47 Å². The highest BCUT2D eigenvalue weighted by atomic mass is 35.5. The molecule has 24 heavy (non-hydrogen) atoms. The molecule has 0 aliphatic carbocycles. The molecule has 0 bridgehead atoms. The van der Waals surface area contributed by atoms with Crippen LogP contribution < -0.4 is 14.8 Å². The monoisotopic (exact) mass is 355 g/mol. The Morgan fingerprint density at radius 3 is 2.29 bits per heavy atom. The summed E-state index contributed by atoms with van der Waals surface area (Å²) >= 11 is 0. The zero-order chi connectivity index (χ0) is 16.1. The first-order valence-corrected chi connectivity index (χ1v) is 7.74. The number of benzene rings is 2. The highest BCUT2D eigenvalue weighted by Gasteiger charge is 2.14. The van der Waals surface area contributed by atoms with Gasteiger partial charge in [0.15, 0.2) is 11.6 Å². The maximum Gasteiger partial charge on any atom is 0.159 e. The molecule has 1 aliphatic heterocycles. The van der Waals surface area contributed by atoms with Gasteiger partial charge in [-0.25, -0.2) is 8.78 Å². The van der Waals surface area contributed by atoms with Crippen LogP contribution in [0.3, 0.4) is 0 Å². The van der Waals surface area contributed by atoms with Crippen molar-refractivity contribution in [2.24, 2.45) is 0 Å². The van der Waals surface area contributed by atoms with Crippen molar-refractivity contribution in [1.82, 2.24) is 5.32 Å². The maximum atomic E-state index is 13.1. The molecule has 3 rings (SSSR count). The van der Waals surface area contributed by atoms with E-state index in [1.165, 1.54) is 12.5 Å². The smallest absolute Gasteiger partial charge is 0.159 e. The van der Waals surface area contributed by atoms with Crippen molar-refractivity contribution in [1.29, 1.82) is 0 Å². The lowest BCUT2D eigenvalue weighted by molar-refractivity contribution is 0.275. The largest absolute Gasteiger partial charge is 0.492 e. The molecule has 3 nitrogen and oxygen atoms in total. The van der Waals surface area contributed by atoms with Crippen LogP contribution >= 0.6 is 12.4 Å². The fraction of sp³-hybridized carbons (Fsp3) is 0.333. The quantitative estimate of drug-likeness (QED) is 0.846. The molecule has 1 N–H and O–H groups in total. The van der Waals surface area contributed by atoms with Gasteiger partial charge < -0.3 is 14.8 Å². The first kappa shape index (κ1) is 18.5. The fourth-order valence-corrected chi connectivity index (χ4v) is 2.52. The maximum absolute atomic E-state index is 13.1. The molecular weight excluding hydrogens is 336 g/mol. The van der Waals surface area contributed by atoms with Gasteiger partial charge in [-0.15, -0.1) is 12.4 Å². The molecule has 0 amide bonds. The molecule has 1 unspecified atom stereocenters. The Morgan fingerprint density at radius 1 is 0.958 bits per heavy atom. The van der Waals surface area contributed by atoms with Crippen LogP contribution in [0.2, 0.25) is 0 Å². The zero-order valence-corrected chi connectivity index (χ0v) is 14.0. The van der Waals surface area contributed by atoms with Crippen LogP contribution in [0.4, 0.5) is 8.78 Å². The van der Waals surface area contributed by atoms with Crippen molar-refractivity contribution in [2.45, 2.75) is 25.5 Å². The van der Waals surface area contributed by atoms with E-state index in [1.807, 2.05) is 12.1 Å². The van der Waals surface area contributed by atoms with Crippen molar-refractivity contribution < 1.29 is 18.3 Å². The number of hydrogen-bond donors (Lipinski definition) is 1. The van der Waals surface area contributed by atoms with Crippen molar-refractivity contribution >= 4 is 12.4 Å². The van der Waals surface area contributed by atoms with Crippen molar-refractivity contribution in [3.05, 3.63) is 59.7 Å². The normalized spacial score (nSPS) is 16.5. The second kappa shape index (κ2) is 8.85. The summed E-state index contributed by atoms with van der Waals surface area (Å²) in [6.07, 6.45) is 2.35. The van der Waals surface area contributed by atoms with Gasteiger partial charge in [-0.3, -0.25) is 0 Å². The molecule has 0 saturated carbocycles. The van der Waals surface area contributed by atoms with Crippen LogP contribution in [-0.2, 0) is 6.61 Å². The summed E-state index contributed by atoms with van der Waals surface area (Å²) in [6.45, 7) is 1.91. The summed E-state index contributed by atoms with van der Waals surface area (Å²) in [5.74, 6) is -0.276. The van der Waals surface area contributed by atoms with E-state index in [1.54, 1.807) is 12.1 Å². The molecule has 1 aliphatic rings. The Hall–Kier alpha value is -1.85. The molecule has 6 heteroatoms. The summed E-state index contributed by atoms with van der Waals surface area (Å²) < 4.78 is 37.3.